The maximum atomic E-state index is 13.6. The van der Waals surface area contributed by atoms with Gasteiger partial charge in [0, 0.05) is 0 Å². The normalized spacial score (nSPS) is 15.3. The Hall–Kier alpha value is -3.72. The first-order valence-electron chi connectivity index (χ1n) is 12.4. The molecular weight excluding hydrogens is 504 g/mol. The first kappa shape index (κ1) is 27.3. The fraction of sp³-hybridized carbons (Fsp3) is 0.345. The van der Waals surface area contributed by atoms with Gasteiger partial charge in [0.2, 0.25) is 0 Å². The summed E-state index contributed by atoms with van der Waals surface area (Å²) in [5.74, 6) is 1.17. The van der Waals surface area contributed by atoms with Crippen LogP contribution in [0.3, 0.4) is 0 Å². The van der Waals surface area contributed by atoms with E-state index in [1.165, 1.54) is 29.1 Å². The predicted molar refractivity (Wildman–Crippen MR) is 147 cm³/mol. The molecule has 0 spiro atoms. The average Bonchev–Trinajstić information content (AvgIpc) is 2.90. The van der Waals surface area contributed by atoms with Crippen LogP contribution in [-0.2, 0) is 20.2 Å². The van der Waals surface area contributed by atoms with Crippen LogP contribution in [0.15, 0.2) is 71.6 Å². The Bertz CT molecular complexity index is 1380. The summed E-state index contributed by atoms with van der Waals surface area (Å²) in [6, 6.07) is 19.3. The number of sulfonamides is 1. The molecule has 3 aromatic rings. The van der Waals surface area contributed by atoms with Gasteiger partial charge >= 0.3 is 0 Å². The van der Waals surface area contributed by atoms with E-state index >= 15 is 0 Å². The van der Waals surface area contributed by atoms with Crippen LogP contribution in [-0.4, -0.2) is 47.2 Å². The van der Waals surface area contributed by atoms with Gasteiger partial charge in [-0.25, -0.2) is 8.42 Å². The van der Waals surface area contributed by atoms with Crippen molar-refractivity contribution in [1.82, 2.24) is 5.32 Å². The number of benzene rings is 3. The topological polar surface area (TPSA) is 94.2 Å². The fourth-order valence-electron chi connectivity index (χ4n) is 4.11. The number of aryl methyl sites for hydroxylation is 1. The van der Waals surface area contributed by atoms with E-state index in [2.05, 4.69) is 26.1 Å². The monoisotopic (exact) mass is 538 g/mol. The predicted octanol–water partition coefficient (Wildman–Crippen LogP) is 4.45. The molecular formula is C29H34N2O6S. The van der Waals surface area contributed by atoms with Crippen molar-refractivity contribution in [2.24, 2.45) is 0 Å². The summed E-state index contributed by atoms with van der Waals surface area (Å²) in [7, 11) is -2.45. The number of rotatable bonds is 8. The zero-order valence-corrected chi connectivity index (χ0v) is 23.2. The number of ether oxygens (including phenoxy) is 3. The lowest BCUT2D eigenvalue weighted by Crippen LogP contribution is -2.51. The highest BCUT2D eigenvalue weighted by molar-refractivity contribution is 7.92. The van der Waals surface area contributed by atoms with Gasteiger partial charge in [-0.1, -0.05) is 39.0 Å². The fourth-order valence-corrected chi connectivity index (χ4v) is 5.58. The van der Waals surface area contributed by atoms with Crippen molar-refractivity contribution in [3.05, 3.63) is 77.9 Å². The Kier molecular flexibility index (Phi) is 7.87. The highest BCUT2D eigenvalue weighted by atomic mass is 32.2. The van der Waals surface area contributed by atoms with Gasteiger partial charge in [0.25, 0.3) is 15.9 Å². The molecule has 1 amide bonds. The molecule has 0 aliphatic carbocycles. The van der Waals surface area contributed by atoms with Crippen LogP contribution in [0, 0.1) is 6.92 Å². The zero-order valence-electron chi connectivity index (χ0n) is 22.4. The van der Waals surface area contributed by atoms with E-state index in [9.17, 15) is 13.2 Å². The van der Waals surface area contributed by atoms with Crippen LogP contribution in [0.4, 0.5) is 5.69 Å². The third-order valence-corrected chi connectivity index (χ3v) is 8.11. The van der Waals surface area contributed by atoms with E-state index in [0.29, 0.717) is 22.9 Å². The summed E-state index contributed by atoms with van der Waals surface area (Å²) in [5.41, 5.74) is 2.53. The third kappa shape index (κ3) is 6.05. The van der Waals surface area contributed by atoms with Crippen molar-refractivity contribution in [3.8, 4) is 17.2 Å². The van der Waals surface area contributed by atoms with Crippen LogP contribution in [0.5, 0.6) is 17.2 Å². The second kappa shape index (κ2) is 10.9. The lowest BCUT2D eigenvalue weighted by Gasteiger charge is -2.35. The van der Waals surface area contributed by atoms with Crippen molar-refractivity contribution in [2.75, 3.05) is 31.1 Å². The van der Waals surface area contributed by atoms with E-state index in [4.69, 9.17) is 14.2 Å². The van der Waals surface area contributed by atoms with Crippen LogP contribution < -0.4 is 23.8 Å². The molecule has 1 heterocycles. The van der Waals surface area contributed by atoms with Gasteiger partial charge in [0.05, 0.1) is 30.8 Å². The molecule has 1 aliphatic rings. The Balaban J connectivity index is 1.44. The molecule has 0 radical (unpaired) electrons. The molecule has 202 valence electrons. The van der Waals surface area contributed by atoms with Crippen molar-refractivity contribution >= 4 is 21.6 Å². The van der Waals surface area contributed by atoms with Gasteiger partial charge < -0.3 is 19.5 Å². The molecule has 0 saturated carbocycles. The van der Waals surface area contributed by atoms with Gasteiger partial charge in [0.15, 0.2) is 6.10 Å². The van der Waals surface area contributed by atoms with E-state index in [-0.39, 0.29) is 30.0 Å². The van der Waals surface area contributed by atoms with Crippen molar-refractivity contribution in [3.63, 3.8) is 0 Å². The SMILES string of the molecule is COc1ccc(S(=O)(=O)N2CC(C(=O)NCCOc3ccc(C(C)(C)C)cc3)Oc3ccc(C)cc32)cc1. The first-order chi connectivity index (χ1) is 18.0. The molecule has 0 aromatic heterocycles. The largest absolute Gasteiger partial charge is 0.497 e. The number of fused-ring (bicyclic) bond motifs is 1. The van der Waals surface area contributed by atoms with Crippen LogP contribution in [0.1, 0.15) is 31.9 Å². The van der Waals surface area contributed by atoms with Crippen LogP contribution in [0.2, 0.25) is 0 Å². The Morgan fingerprint density at radius 1 is 1.03 bits per heavy atom. The Morgan fingerprint density at radius 3 is 2.32 bits per heavy atom. The van der Waals surface area contributed by atoms with Crippen molar-refractivity contribution in [1.29, 1.82) is 0 Å². The highest BCUT2D eigenvalue weighted by Crippen LogP contribution is 2.38. The van der Waals surface area contributed by atoms with Crippen LogP contribution >= 0.6 is 0 Å². The molecule has 38 heavy (non-hydrogen) atoms. The maximum absolute atomic E-state index is 13.6. The summed E-state index contributed by atoms with van der Waals surface area (Å²) in [5, 5.41) is 2.80. The number of carbonyl (C=O) groups excluding carboxylic acids is 1. The highest BCUT2D eigenvalue weighted by Gasteiger charge is 2.37. The number of hydrogen-bond donors (Lipinski definition) is 1. The summed E-state index contributed by atoms with van der Waals surface area (Å²) in [6.45, 7) is 8.65. The van der Waals surface area contributed by atoms with Gasteiger partial charge in [-0.3, -0.25) is 9.10 Å². The van der Waals surface area contributed by atoms with E-state index in [1.54, 1.807) is 24.3 Å². The molecule has 0 bridgehead atoms. The molecule has 9 heteroatoms. The van der Waals surface area contributed by atoms with E-state index in [0.717, 1.165) is 5.56 Å². The molecule has 1 atom stereocenters. The van der Waals surface area contributed by atoms with Gasteiger partial charge in [0.1, 0.15) is 23.9 Å². The van der Waals surface area contributed by atoms with Crippen molar-refractivity contribution < 1.29 is 27.4 Å². The van der Waals surface area contributed by atoms with Gasteiger partial charge in [-0.05, 0) is 72.0 Å². The number of nitrogens with zero attached hydrogens (tertiary/aromatic N) is 1. The van der Waals surface area contributed by atoms with Gasteiger partial charge in [-0.2, -0.15) is 0 Å². The summed E-state index contributed by atoms with van der Waals surface area (Å²) < 4.78 is 45.3. The molecule has 1 N–H and O–H groups in total. The maximum Gasteiger partial charge on any atom is 0.264 e. The second-order valence-corrected chi connectivity index (χ2v) is 12.1. The smallest absolute Gasteiger partial charge is 0.264 e. The van der Waals surface area contributed by atoms with Crippen LogP contribution in [0.25, 0.3) is 0 Å². The number of anilines is 1. The minimum Gasteiger partial charge on any atom is -0.497 e. The lowest BCUT2D eigenvalue weighted by molar-refractivity contribution is -0.127. The third-order valence-electron chi connectivity index (χ3n) is 6.31. The first-order valence-corrected chi connectivity index (χ1v) is 13.9. The minimum atomic E-state index is -3.97. The number of methoxy groups -OCH3 is 1. The zero-order chi connectivity index (χ0) is 27.5. The standard InChI is InChI=1S/C29H34N2O6S/c1-20-6-15-26-25(18-20)31(38(33,34)24-13-11-22(35-5)12-14-24)19-27(37-26)28(32)30-16-17-36-23-9-7-21(8-10-23)29(2,3)4/h6-15,18,27H,16-17,19H2,1-5H3,(H,30,32). The van der Waals surface area contributed by atoms with Crippen molar-refractivity contribution in [2.45, 2.75) is 44.1 Å². The summed E-state index contributed by atoms with van der Waals surface area (Å²) in [4.78, 5) is 13.1. The van der Waals surface area contributed by atoms with E-state index in [1.807, 2.05) is 37.3 Å². The second-order valence-electron chi connectivity index (χ2n) is 10.2. The molecule has 1 aliphatic heterocycles. The number of nitrogens with one attached hydrogen (secondary N) is 1. The van der Waals surface area contributed by atoms with E-state index < -0.39 is 22.0 Å². The number of carbonyl (C=O) groups is 1. The summed E-state index contributed by atoms with van der Waals surface area (Å²) >= 11 is 0. The Morgan fingerprint density at radius 2 is 1.68 bits per heavy atom. The lowest BCUT2D eigenvalue weighted by atomic mass is 9.87. The quantitative estimate of drug-likeness (QED) is 0.426. The molecule has 0 saturated heterocycles. The molecule has 3 aromatic carbocycles. The molecule has 8 nitrogen and oxygen atoms in total. The number of amides is 1. The molecule has 1 unspecified atom stereocenters. The molecule has 0 fully saturated rings. The average molecular weight is 539 g/mol. The summed E-state index contributed by atoms with van der Waals surface area (Å²) in [6.07, 6.45) is -1.02. The molecule has 4 rings (SSSR count). The minimum absolute atomic E-state index is 0.0541. The van der Waals surface area contributed by atoms with Gasteiger partial charge in [-0.15, -0.1) is 0 Å². The Labute approximate surface area is 224 Å². The number of hydrogen-bond acceptors (Lipinski definition) is 6.